The van der Waals surface area contributed by atoms with E-state index in [4.69, 9.17) is 4.74 Å². The third-order valence-corrected chi connectivity index (χ3v) is 5.71. The number of nitrogens with zero attached hydrogens (tertiary/aromatic N) is 1. The Morgan fingerprint density at radius 1 is 1.04 bits per heavy atom. The predicted octanol–water partition coefficient (Wildman–Crippen LogP) is 3.07. The van der Waals surface area contributed by atoms with Crippen molar-refractivity contribution in [3.05, 3.63) is 59.8 Å². The van der Waals surface area contributed by atoms with Crippen LogP contribution in [-0.4, -0.2) is 25.3 Å². The van der Waals surface area contributed by atoms with Crippen LogP contribution in [0.1, 0.15) is 36.8 Å². The zero-order valence-electron chi connectivity index (χ0n) is 14.2. The van der Waals surface area contributed by atoms with Crippen molar-refractivity contribution in [2.45, 2.75) is 44.8 Å². The monoisotopic (exact) mass is 360 g/mol. The first-order valence-corrected chi connectivity index (χ1v) is 10.4. The molecule has 1 fully saturated rings. The molecule has 0 bridgehead atoms. The van der Waals surface area contributed by atoms with Crippen LogP contribution in [0.3, 0.4) is 0 Å². The highest BCUT2D eigenvalue weighted by atomic mass is 32.2. The van der Waals surface area contributed by atoms with E-state index in [9.17, 15) is 8.42 Å². The minimum absolute atomic E-state index is 0.0767. The van der Waals surface area contributed by atoms with Gasteiger partial charge in [-0.25, -0.2) is 18.1 Å². The summed E-state index contributed by atoms with van der Waals surface area (Å²) in [6.07, 6.45) is 7.05. The van der Waals surface area contributed by atoms with E-state index in [-0.39, 0.29) is 18.4 Å². The van der Waals surface area contributed by atoms with Crippen LogP contribution >= 0.6 is 0 Å². The Balaban J connectivity index is 1.46. The van der Waals surface area contributed by atoms with Crippen molar-refractivity contribution in [2.24, 2.45) is 0 Å². The van der Waals surface area contributed by atoms with Gasteiger partial charge >= 0.3 is 0 Å². The lowest BCUT2D eigenvalue weighted by atomic mass is 10.2. The molecule has 5 nitrogen and oxygen atoms in total. The normalized spacial score (nSPS) is 15.4. The van der Waals surface area contributed by atoms with Crippen molar-refractivity contribution in [3.63, 3.8) is 0 Å². The third kappa shape index (κ3) is 5.83. The summed E-state index contributed by atoms with van der Waals surface area (Å²) in [7, 11) is -3.32. The van der Waals surface area contributed by atoms with E-state index in [1.807, 2.05) is 42.5 Å². The molecular formula is C19H24N2O3S. The second-order valence-electron chi connectivity index (χ2n) is 6.40. The van der Waals surface area contributed by atoms with Gasteiger partial charge in [0.2, 0.25) is 15.9 Å². The van der Waals surface area contributed by atoms with Gasteiger partial charge in [0.1, 0.15) is 6.10 Å². The smallest absolute Gasteiger partial charge is 0.213 e. The van der Waals surface area contributed by atoms with Crippen LogP contribution in [0, 0.1) is 0 Å². The molecule has 0 unspecified atom stereocenters. The SMILES string of the molecule is O=S(=O)(CCc1ccccc1)NCc1ccc(OC2CCCC2)nc1. The topological polar surface area (TPSA) is 68.3 Å². The Morgan fingerprint density at radius 3 is 2.48 bits per heavy atom. The Bertz CT molecular complexity index is 755. The average Bonchev–Trinajstić information content (AvgIpc) is 3.14. The molecule has 1 aliphatic rings. The molecule has 0 spiro atoms. The molecule has 0 amide bonds. The third-order valence-electron chi connectivity index (χ3n) is 4.39. The number of hydrogen-bond donors (Lipinski definition) is 1. The Hall–Kier alpha value is -1.92. The van der Waals surface area contributed by atoms with Crippen LogP contribution in [-0.2, 0) is 23.0 Å². The van der Waals surface area contributed by atoms with Crippen molar-refractivity contribution >= 4 is 10.0 Å². The molecule has 0 atom stereocenters. The molecule has 3 rings (SSSR count). The summed E-state index contributed by atoms with van der Waals surface area (Å²) in [4.78, 5) is 4.28. The number of benzene rings is 1. The Kier molecular flexibility index (Phi) is 6.04. The number of ether oxygens (including phenoxy) is 1. The number of nitrogens with one attached hydrogen (secondary N) is 1. The van der Waals surface area contributed by atoms with Crippen molar-refractivity contribution in [2.75, 3.05) is 5.75 Å². The zero-order valence-corrected chi connectivity index (χ0v) is 15.0. The molecule has 0 saturated heterocycles. The Labute approximate surface area is 149 Å². The fourth-order valence-corrected chi connectivity index (χ4v) is 3.96. The van der Waals surface area contributed by atoms with E-state index in [0.717, 1.165) is 24.0 Å². The highest BCUT2D eigenvalue weighted by molar-refractivity contribution is 7.89. The lowest BCUT2D eigenvalue weighted by molar-refractivity contribution is 0.201. The van der Waals surface area contributed by atoms with Crippen LogP contribution < -0.4 is 9.46 Å². The molecule has 0 radical (unpaired) electrons. The van der Waals surface area contributed by atoms with Crippen LogP contribution in [0.15, 0.2) is 48.7 Å². The van der Waals surface area contributed by atoms with E-state index in [0.29, 0.717) is 12.3 Å². The van der Waals surface area contributed by atoms with Crippen molar-refractivity contribution in [3.8, 4) is 5.88 Å². The molecule has 1 aromatic heterocycles. The molecule has 134 valence electrons. The predicted molar refractivity (Wildman–Crippen MR) is 97.9 cm³/mol. The highest BCUT2D eigenvalue weighted by Crippen LogP contribution is 2.22. The van der Waals surface area contributed by atoms with E-state index in [1.54, 1.807) is 6.20 Å². The van der Waals surface area contributed by atoms with Crippen molar-refractivity contribution in [1.82, 2.24) is 9.71 Å². The van der Waals surface area contributed by atoms with Gasteiger partial charge in [0.15, 0.2) is 0 Å². The fraction of sp³-hybridized carbons (Fsp3) is 0.421. The molecule has 1 heterocycles. The van der Waals surface area contributed by atoms with E-state index >= 15 is 0 Å². The summed E-state index contributed by atoms with van der Waals surface area (Å²) in [6, 6.07) is 13.3. The maximum atomic E-state index is 12.1. The molecule has 2 aromatic rings. The largest absolute Gasteiger partial charge is 0.474 e. The van der Waals surface area contributed by atoms with E-state index in [1.165, 1.54) is 12.8 Å². The van der Waals surface area contributed by atoms with Gasteiger partial charge in [-0.3, -0.25) is 0 Å². The molecule has 6 heteroatoms. The van der Waals surface area contributed by atoms with Gasteiger partial charge in [0.25, 0.3) is 0 Å². The van der Waals surface area contributed by atoms with Crippen LogP contribution in [0.2, 0.25) is 0 Å². The first-order valence-electron chi connectivity index (χ1n) is 8.73. The minimum Gasteiger partial charge on any atom is -0.474 e. The number of hydrogen-bond acceptors (Lipinski definition) is 4. The molecule has 1 saturated carbocycles. The van der Waals surface area contributed by atoms with Gasteiger partial charge in [-0.1, -0.05) is 36.4 Å². The molecule has 1 aliphatic carbocycles. The van der Waals surface area contributed by atoms with Gasteiger partial charge < -0.3 is 4.74 Å². The number of rotatable bonds is 8. The summed E-state index contributed by atoms with van der Waals surface area (Å²) >= 11 is 0. The summed E-state index contributed by atoms with van der Waals surface area (Å²) < 4.78 is 32.7. The first kappa shape index (κ1) is 17.9. The summed E-state index contributed by atoms with van der Waals surface area (Å²) in [5.41, 5.74) is 1.84. The van der Waals surface area contributed by atoms with Crippen LogP contribution in [0.5, 0.6) is 5.88 Å². The van der Waals surface area contributed by atoms with Gasteiger partial charge in [-0.05, 0) is 43.2 Å². The fourth-order valence-electron chi connectivity index (χ4n) is 2.92. The summed E-state index contributed by atoms with van der Waals surface area (Å²) in [5.74, 6) is 0.690. The maximum Gasteiger partial charge on any atom is 0.213 e. The lowest BCUT2D eigenvalue weighted by Gasteiger charge is -2.12. The van der Waals surface area contributed by atoms with Crippen molar-refractivity contribution in [1.29, 1.82) is 0 Å². The standard InChI is InChI=1S/C19H24N2O3S/c22-25(23,13-12-16-6-2-1-3-7-16)21-15-17-10-11-19(20-14-17)24-18-8-4-5-9-18/h1-3,6-7,10-11,14,18,21H,4-5,8-9,12-13,15H2. The molecule has 1 aromatic carbocycles. The second kappa shape index (κ2) is 8.45. The molecule has 25 heavy (non-hydrogen) atoms. The van der Waals surface area contributed by atoms with Gasteiger partial charge in [-0.2, -0.15) is 0 Å². The maximum absolute atomic E-state index is 12.1. The average molecular weight is 360 g/mol. The van der Waals surface area contributed by atoms with Crippen LogP contribution in [0.25, 0.3) is 0 Å². The van der Waals surface area contributed by atoms with E-state index < -0.39 is 10.0 Å². The van der Waals surface area contributed by atoms with Gasteiger partial charge in [-0.15, -0.1) is 0 Å². The number of pyridine rings is 1. The zero-order chi connectivity index (χ0) is 17.5. The molecule has 1 N–H and O–H groups in total. The van der Waals surface area contributed by atoms with Crippen LogP contribution in [0.4, 0.5) is 0 Å². The summed E-state index contributed by atoms with van der Waals surface area (Å²) in [6.45, 7) is 0.244. The van der Waals surface area contributed by atoms with Gasteiger partial charge in [0.05, 0.1) is 5.75 Å². The lowest BCUT2D eigenvalue weighted by Crippen LogP contribution is -2.27. The van der Waals surface area contributed by atoms with Gasteiger partial charge in [0, 0.05) is 18.8 Å². The molecular weight excluding hydrogens is 336 g/mol. The number of sulfonamides is 1. The van der Waals surface area contributed by atoms with Crippen molar-refractivity contribution < 1.29 is 13.2 Å². The number of aromatic nitrogens is 1. The minimum atomic E-state index is -3.32. The quantitative estimate of drug-likeness (QED) is 0.785. The number of aryl methyl sites for hydroxylation is 1. The molecule has 0 aliphatic heterocycles. The highest BCUT2D eigenvalue weighted by Gasteiger charge is 2.17. The van der Waals surface area contributed by atoms with E-state index in [2.05, 4.69) is 9.71 Å². The Morgan fingerprint density at radius 2 is 1.80 bits per heavy atom. The summed E-state index contributed by atoms with van der Waals surface area (Å²) in [5, 5.41) is 0. The first-order chi connectivity index (χ1) is 12.1. The second-order valence-corrected chi connectivity index (χ2v) is 8.33.